The standard InChI is InChI=1S/C14H25F3N2O2/c1-19(9-12(20)14(15,16)17)10-13(21)18-11-7-5-3-2-4-6-8-11/h11-12,20H,2-10H2,1H3,(H,18,21). The molecule has 0 radical (unpaired) electrons. The molecule has 2 N–H and O–H groups in total. The van der Waals surface area contributed by atoms with E-state index in [1.54, 1.807) is 0 Å². The highest BCUT2D eigenvalue weighted by Crippen LogP contribution is 2.20. The molecule has 0 saturated heterocycles. The van der Waals surface area contributed by atoms with Crippen LogP contribution in [0.4, 0.5) is 13.2 Å². The van der Waals surface area contributed by atoms with Gasteiger partial charge in [0.2, 0.25) is 5.91 Å². The third kappa shape index (κ3) is 7.66. The van der Waals surface area contributed by atoms with E-state index in [1.807, 2.05) is 0 Å². The Labute approximate surface area is 123 Å². The zero-order valence-corrected chi connectivity index (χ0v) is 12.5. The second-order valence-electron chi connectivity index (χ2n) is 5.86. The minimum Gasteiger partial charge on any atom is -0.382 e. The summed E-state index contributed by atoms with van der Waals surface area (Å²) >= 11 is 0. The summed E-state index contributed by atoms with van der Waals surface area (Å²) in [6, 6.07) is 0.124. The number of nitrogens with one attached hydrogen (secondary N) is 1. The summed E-state index contributed by atoms with van der Waals surface area (Å²) in [5.74, 6) is -0.280. The topological polar surface area (TPSA) is 52.6 Å². The van der Waals surface area contributed by atoms with E-state index in [1.165, 1.54) is 31.2 Å². The second kappa shape index (κ2) is 8.58. The van der Waals surface area contributed by atoms with Gasteiger partial charge in [0, 0.05) is 12.6 Å². The van der Waals surface area contributed by atoms with Gasteiger partial charge in [-0.25, -0.2) is 0 Å². The van der Waals surface area contributed by atoms with Crippen LogP contribution in [0.2, 0.25) is 0 Å². The smallest absolute Gasteiger partial charge is 0.382 e. The number of amides is 1. The number of nitrogens with zero attached hydrogens (tertiary/aromatic N) is 1. The molecule has 0 bridgehead atoms. The molecule has 1 saturated carbocycles. The van der Waals surface area contributed by atoms with E-state index in [9.17, 15) is 18.0 Å². The summed E-state index contributed by atoms with van der Waals surface area (Å²) in [5, 5.41) is 11.8. The summed E-state index contributed by atoms with van der Waals surface area (Å²) in [6.07, 6.45) is 0.524. The van der Waals surface area contributed by atoms with Gasteiger partial charge >= 0.3 is 6.18 Å². The van der Waals surface area contributed by atoms with Crippen molar-refractivity contribution >= 4 is 5.91 Å². The first-order valence-corrected chi connectivity index (χ1v) is 7.51. The Morgan fingerprint density at radius 2 is 1.76 bits per heavy atom. The summed E-state index contributed by atoms with van der Waals surface area (Å²) in [5.41, 5.74) is 0. The fourth-order valence-corrected chi connectivity index (χ4v) is 2.58. The molecule has 7 heteroatoms. The number of halogens is 3. The lowest BCUT2D eigenvalue weighted by molar-refractivity contribution is -0.207. The van der Waals surface area contributed by atoms with Gasteiger partial charge in [0.25, 0.3) is 0 Å². The number of hydrogen-bond acceptors (Lipinski definition) is 3. The SMILES string of the molecule is CN(CC(=O)NC1CCCCCCC1)CC(O)C(F)(F)F. The van der Waals surface area contributed by atoms with Crippen molar-refractivity contribution in [2.45, 2.75) is 63.3 Å². The molecule has 1 unspecified atom stereocenters. The predicted molar refractivity (Wildman–Crippen MR) is 73.8 cm³/mol. The third-order valence-electron chi connectivity index (χ3n) is 3.75. The summed E-state index contributed by atoms with van der Waals surface area (Å²) in [4.78, 5) is 13.0. The summed E-state index contributed by atoms with van der Waals surface area (Å²) < 4.78 is 36.7. The van der Waals surface area contributed by atoms with Gasteiger partial charge in [0.1, 0.15) is 0 Å². The Bertz CT molecular complexity index is 316. The molecule has 0 heterocycles. The van der Waals surface area contributed by atoms with Crippen LogP contribution in [0.25, 0.3) is 0 Å². The summed E-state index contributed by atoms with van der Waals surface area (Å²) in [7, 11) is 1.40. The highest BCUT2D eigenvalue weighted by Gasteiger charge is 2.38. The van der Waals surface area contributed by atoms with E-state index >= 15 is 0 Å². The normalized spacial score (nSPS) is 19.9. The second-order valence-corrected chi connectivity index (χ2v) is 5.86. The number of rotatable bonds is 5. The van der Waals surface area contributed by atoms with Gasteiger partial charge in [-0.05, 0) is 19.9 Å². The first kappa shape index (κ1) is 18.2. The first-order chi connectivity index (χ1) is 9.79. The third-order valence-corrected chi connectivity index (χ3v) is 3.75. The van der Waals surface area contributed by atoms with Gasteiger partial charge in [0.15, 0.2) is 6.10 Å². The summed E-state index contributed by atoms with van der Waals surface area (Å²) in [6.45, 7) is -0.731. The van der Waals surface area contributed by atoms with E-state index < -0.39 is 18.8 Å². The minimum atomic E-state index is -4.65. The number of hydrogen-bond donors (Lipinski definition) is 2. The molecular formula is C14H25F3N2O2. The van der Waals surface area contributed by atoms with Crippen molar-refractivity contribution in [3.05, 3.63) is 0 Å². The van der Waals surface area contributed by atoms with Gasteiger partial charge in [0.05, 0.1) is 6.54 Å². The number of carbonyl (C=O) groups is 1. The van der Waals surface area contributed by atoms with Crippen LogP contribution < -0.4 is 5.32 Å². The molecule has 0 aromatic carbocycles. The van der Waals surface area contributed by atoms with Crippen LogP contribution in [0.1, 0.15) is 44.9 Å². The number of aliphatic hydroxyl groups excluding tert-OH is 1. The molecule has 1 fully saturated rings. The maximum Gasteiger partial charge on any atom is 0.415 e. The molecule has 1 aliphatic carbocycles. The Hall–Kier alpha value is -0.820. The molecule has 1 amide bonds. The lowest BCUT2D eigenvalue weighted by Gasteiger charge is -2.24. The van der Waals surface area contributed by atoms with Gasteiger partial charge in [-0.1, -0.05) is 32.1 Å². The quantitative estimate of drug-likeness (QED) is 0.817. The van der Waals surface area contributed by atoms with Crippen molar-refractivity contribution in [3.8, 4) is 0 Å². The van der Waals surface area contributed by atoms with Crippen LogP contribution >= 0.6 is 0 Å². The zero-order valence-electron chi connectivity index (χ0n) is 12.5. The average Bonchev–Trinajstić information content (AvgIpc) is 2.30. The molecule has 0 aromatic heterocycles. The number of alkyl halides is 3. The molecule has 21 heavy (non-hydrogen) atoms. The number of carbonyl (C=O) groups excluding carboxylic acids is 1. The fourth-order valence-electron chi connectivity index (χ4n) is 2.58. The van der Waals surface area contributed by atoms with Crippen LogP contribution in [-0.4, -0.2) is 54.4 Å². The molecule has 1 aliphatic rings. The largest absolute Gasteiger partial charge is 0.415 e. The Morgan fingerprint density at radius 3 is 2.29 bits per heavy atom. The van der Waals surface area contributed by atoms with E-state index in [0.717, 1.165) is 25.7 Å². The average molecular weight is 310 g/mol. The van der Waals surface area contributed by atoms with Crippen LogP contribution in [-0.2, 0) is 4.79 Å². The van der Waals surface area contributed by atoms with Crippen molar-refractivity contribution in [3.63, 3.8) is 0 Å². The monoisotopic (exact) mass is 310 g/mol. The predicted octanol–water partition coefficient (Wildman–Crippen LogP) is 2.07. The van der Waals surface area contributed by atoms with Gasteiger partial charge in [-0.2, -0.15) is 13.2 Å². The number of likely N-dealkylation sites (N-methyl/N-ethyl adjacent to an activating group) is 1. The van der Waals surface area contributed by atoms with Crippen molar-refractivity contribution in [2.75, 3.05) is 20.1 Å². The van der Waals surface area contributed by atoms with Crippen LogP contribution in [0, 0.1) is 0 Å². The first-order valence-electron chi connectivity index (χ1n) is 7.51. The van der Waals surface area contributed by atoms with Crippen molar-refractivity contribution in [1.29, 1.82) is 0 Å². The van der Waals surface area contributed by atoms with Crippen LogP contribution in [0.3, 0.4) is 0 Å². The van der Waals surface area contributed by atoms with Crippen molar-refractivity contribution in [1.82, 2.24) is 10.2 Å². The van der Waals surface area contributed by atoms with Crippen LogP contribution in [0.5, 0.6) is 0 Å². The molecule has 0 aliphatic heterocycles. The van der Waals surface area contributed by atoms with Crippen molar-refractivity contribution in [2.24, 2.45) is 0 Å². The molecule has 4 nitrogen and oxygen atoms in total. The molecular weight excluding hydrogens is 285 g/mol. The van der Waals surface area contributed by atoms with Crippen LogP contribution in [0.15, 0.2) is 0 Å². The molecule has 1 rings (SSSR count). The maximum absolute atomic E-state index is 12.2. The fraction of sp³-hybridized carbons (Fsp3) is 0.929. The van der Waals surface area contributed by atoms with E-state index in [4.69, 9.17) is 5.11 Å². The molecule has 0 aromatic rings. The van der Waals surface area contributed by atoms with Gasteiger partial charge in [-0.3, -0.25) is 9.69 Å². The van der Waals surface area contributed by atoms with Crippen molar-refractivity contribution < 1.29 is 23.1 Å². The Kier molecular flexibility index (Phi) is 7.45. The zero-order chi connectivity index (χ0) is 15.9. The molecule has 1 atom stereocenters. The highest BCUT2D eigenvalue weighted by molar-refractivity contribution is 5.78. The minimum absolute atomic E-state index is 0.124. The maximum atomic E-state index is 12.2. The lowest BCUT2D eigenvalue weighted by Crippen LogP contribution is -2.45. The molecule has 124 valence electrons. The molecule has 0 spiro atoms. The number of aliphatic hydroxyl groups is 1. The van der Waals surface area contributed by atoms with E-state index in [-0.39, 0.29) is 18.5 Å². The van der Waals surface area contributed by atoms with E-state index in [0.29, 0.717) is 0 Å². The van der Waals surface area contributed by atoms with Gasteiger partial charge in [-0.15, -0.1) is 0 Å². The Morgan fingerprint density at radius 1 is 1.24 bits per heavy atom. The Balaban J connectivity index is 2.31. The van der Waals surface area contributed by atoms with E-state index in [2.05, 4.69) is 5.32 Å². The highest BCUT2D eigenvalue weighted by atomic mass is 19.4. The van der Waals surface area contributed by atoms with Gasteiger partial charge < -0.3 is 10.4 Å². The lowest BCUT2D eigenvalue weighted by atomic mass is 9.97.